The lowest BCUT2D eigenvalue weighted by atomic mass is 10.1. The van der Waals surface area contributed by atoms with Crippen LogP contribution in [0.1, 0.15) is 6.42 Å². The minimum atomic E-state index is -0.300. The number of hydrogen-bond acceptors (Lipinski definition) is 2. The molecule has 2 amide bonds. The first-order valence-electron chi connectivity index (χ1n) is 7.37. The van der Waals surface area contributed by atoms with Gasteiger partial charge in [0.25, 0.3) is 0 Å². The van der Waals surface area contributed by atoms with Gasteiger partial charge in [-0.1, -0.05) is 42.5 Å². The van der Waals surface area contributed by atoms with E-state index in [-0.39, 0.29) is 24.2 Å². The van der Waals surface area contributed by atoms with Gasteiger partial charge >= 0.3 is 0 Å². The number of amides is 2. The van der Waals surface area contributed by atoms with Crippen molar-refractivity contribution in [3.8, 4) is 0 Å². The fourth-order valence-corrected chi connectivity index (χ4v) is 2.88. The van der Waals surface area contributed by atoms with E-state index in [1.54, 1.807) is 11.0 Å². The van der Waals surface area contributed by atoms with Crippen LogP contribution < -0.4 is 10.2 Å². The highest BCUT2D eigenvalue weighted by molar-refractivity contribution is 6.06. The highest BCUT2D eigenvalue weighted by Crippen LogP contribution is 2.31. The molecule has 0 bridgehead atoms. The number of fused-ring (bicyclic) bond motifs is 1. The maximum atomic E-state index is 12.3. The number of rotatable bonds is 4. The molecule has 1 atom stereocenters. The molecular weight excluding hydrogens is 276 g/mol. The summed E-state index contributed by atoms with van der Waals surface area (Å²) in [5.41, 5.74) is 0.877. The SMILES string of the molecule is C=CCNC(=O)[C@H]1CC(=O)N(c2cccc3ccccc23)C1. The second-order valence-electron chi connectivity index (χ2n) is 5.44. The van der Waals surface area contributed by atoms with E-state index in [9.17, 15) is 9.59 Å². The van der Waals surface area contributed by atoms with Gasteiger partial charge in [-0.2, -0.15) is 0 Å². The molecular formula is C18H18N2O2. The minimum absolute atomic E-state index is 0.00453. The molecule has 0 aliphatic carbocycles. The molecule has 1 heterocycles. The Morgan fingerprint density at radius 2 is 2.05 bits per heavy atom. The summed E-state index contributed by atoms with van der Waals surface area (Å²) < 4.78 is 0. The van der Waals surface area contributed by atoms with Gasteiger partial charge in [0.2, 0.25) is 11.8 Å². The third-order valence-electron chi connectivity index (χ3n) is 3.97. The summed E-state index contributed by atoms with van der Waals surface area (Å²) in [5.74, 6) is -0.391. The Kier molecular flexibility index (Phi) is 3.92. The number of nitrogens with one attached hydrogen (secondary N) is 1. The Balaban J connectivity index is 1.87. The van der Waals surface area contributed by atoms with E-state index in [0.29, 0.717) is 13.1 Å². The second kappa shape index (κ2) is 6.02. The lowest BCUT2D eigenvalue weighted by Gasteiger charge is -2.19. The molecule has 1 N–H and O–H groups in total. The lowest BCUT2D eigenvalue weighted by Crippen LogP contribution is -2.33. The fraction of sp³-hybridized carbons (Fsp3) is 0.222. The van der Waals surface area contributed by atoms with Crippen molar-refractivity contribution >= 4 is 28.3 Å². The molecule has 2 aromatic rings. The van der Waals surface area contributed by atoms with E-state index < -0.39 is 0 Å². The van der Waals surface area contributed by atoms with Gasteiger partial charge in [0.1, 0.15) is 0 Å². The molecule has 1 saturated heterocycles. The van der Waals surface area contributed by atoms with Crippen LogP contribution in [0.5, 0.6) is 0 Å². The Bertz CT molecular complexity index is 733. The number of anilines is 1. The average molecular weight is 294 g/mol. The molecule has 1 aliphatic rings. The molecule has 4 nitrogen and oxygen atoms in total. The first-order valence-corrected chi connectivity index (χ1v) is 7.37. The van der Waals surface area contributed by atoms with Crippen molar-refractivity contribution in [3.05, 3.63) is 55.1 Å². The van der Waals surface area contributed by atoms with E-state index in [0.717, 1.165) is 16.5 Å². The molecule has 0 unspecified atom stereocenters. The zero-order valence-corrected chi connectivity index (χ0v) is 12.3. The molecule has 112 valence electrons. The molecule has 1 aliphatic heterocycles. The van der Waals surface area contributed by atoms with Crippen molar-refractivity contribution in [2.24, 2.45) is 5.92 Å². The summed E-state index contributed by atoms with van der Waals surface area (Å²) in [6, 6.07) is 13.9. The smallest absolute Gasteiger partial charge is 0.227 e. The van der Waals surface area contributed by atoms with Gasteiger partial charge in [-0.05, 0) is 11.5 Å². The highest BCUT2D eigenvalue weighted by atomic mass is 16.2. The van der Waals surface area contributed by atoms with Crippen LogP contribution in [0.3, 0.4) is 0 Å². The summed E-state index contributed by atoms with van der Waals surface area (Å²) >= 11 is 0. The average Bonchev–Trinajstić information content (AvgIpc) is 2.94. The van der Waals surface area contributed by atoms with Gasteiger partial charge in [0.05, 0.1) is 11.6 Å². The third kappa shape index (κ3) is 2.60. The Morgan fingerprint density at radius 1 is 1.27 bits per heavy atom. The number of carbonyl (C=O) groups is 2. The maximum Gasteiger partial charge on any atom is 0.227 e. The van der Waals surface area contributed by atoms with Crippen LogP contribution in [0.2, 0.25) is 0 Å². The van der Waals surface area contributed by atoms with Crippen LogP contribution in [0.25, 0.3) is 10.8 Å². The van der Waals surface area contributed by atoms with Crippen molar-refractivity contribution in [3.63, 3.8) is 0 Å². The first-order chi connectivity index (χ1) is 10.7. The molecule has 1 fully saturated rings. The highest BCUT2D eigenvalue weighted by Gasteiger charge is 2.35. The summed E-state index contributed by atoms with van der Waals surface area (Å²) in [7, 11) is 0. The normalized spacial score (nSPS) is 17.7. The predicted molar refractivity (Wildman–Crippen MR) is 87.6 cm³/mol. The number of carbonyl (C=O) groups excluding carboxylic acids is 2. The quantitative estimate of drug-likeness (QED) is 0.881. The Morgan fingerprint density at radius 3 is 2.86 bits per heavy atom. The molecule has 3 rings (SSSR count). The number of benzene rings is 2. The van der Waals surface area contributed by atoms with E-state index in [1.807, 2.05) is 42.5 Å². The molecule has 22 heavy (non-hydrogen) atoms. The van der Waals surface area contributed by atoms with Crippen LogP contribution in [-0.4, -0.2) is 24.9 Å². The van der Waals surface area contributed by atoms with Crippen molar-refractivity contribution < 1.29 is 9.59 Å². The topological polar surface area (TPSA) is 49.4 Å². The molecule has 0 spiro atoms. The monoisotopic (exact) mass is 294 g/mol. The summed E-state index contributed by atoms with van der Waals surface area (Å²) in [5, 5.41) is 4.89. The van der Waals surface area contributed by atoms with Gasteiger partial charge in [-0.25, -0.2) is 0 Å². The largest absolute Gasteiger partial charge is 0.352 e. The first kappa shape index (κ1) is 14.3. The van der Waals surface area contributed by atoms with Gasteiger partial charge in [0.15, 0.2) is 0 Å². The summed E-state index contributed by atoms with van der Waals surface area (Å²) in [6.07, 6.45) is 1.89. The van der Waals surface area contributed by atoms with E-state index in [4.69, 9.17) is 0 Å². The second-order valence-corrected chi connectivity index (χ2v) is 5.44. The maximum absolute atomic E-state index is 12.3. The van der Waals surface area contributed by atoms with Gasteiger partial charge < -0.3 is 10.2 Å². The van der Waals surface area contributed by atoms with Crippen molar-refractivity contribution in [2.45, 2.75) is 6.42 Å². The van der Waals surface area contributed by atoms with E-state index >= 15 is 0 Å². The van der Waals surface area contributed by atoms with Crippen LogP contribution in [-0.2, 0) is 9.59 Å². The zero-order valence-electron chi connectivity index (χ0n) is 12.3. The van der Waals surface area contributed by atoms with Crippen molar-refractivity contribution in [1.29, 1.82) is 0 Å². The van der Waals surface area contributed by atoms with Crippen molar-refractivity contribution in [2.75, 3.05) is 18.0 Å². The standard InChI is InChI=1S/C18H18N2O2/c1-2-10-19-18(22)14-11-17(21)20(12-14)16-9-5-7-13-6-3-4-8-15(13)16/h2-9,14H,1,10-12H2,(H,19,22)/t14-/m0/s1. The molecule has 2 aromatic carbocycles. The predicted octanol–water partition coefficient (Wildman–Crippen LogP) is 2.49. The Labute approximate surface area is 129 Å². The Hall–Kier alpha value is -2.62. The molecule has 0 radical (unpaired) electrons. The van der Waals surface area contributed by atoms with Gasteiger partial charge in [-0.15, -0.1) is 6.58 Å². The zero-order chi connectivity index (χ0) is 15.5. The van der Waals surface area contributed by atoms with Crippen LogP contribution >= 0.6 is 0 Å². The number of nitrogens with zero attached hydrogens (tertiary/aromatic N) is 1. The van der Waals surface area contributed by atoms with Gasteiger partial charge in [0, 0.05) is 24.9 Å². The van der Waals surface area contributed by atoms with E-state index in [1.165, 1.54) is 0 Å². The fourth-order valence-electron chi connectivity index (χ4n) is 2.88. The van der Waals surface area contributed by atoms with E-state index in [2.05, 4.69) is 11.9 Å². The lowest BCUT2D eigenvalue weighted by molar-refractivity contribution is -0.126. The van der Waals surface area contributed by atoms with Crippen LogP contribution in [0, 0.1) is 5.92 Å². The molecule has 0 aromatic heterocycles. The third-order valence-corrected chi connectivity index (χ3v) is 3.97. The van der Waals surface area contributed by atoms with Gasteiger partial charge in [-0.3, -0.25) is 9.59 Å². The molecule has 4 heteroatoms. The number of hydrogen-bond donors (Lipinski definition) is 1. The van der Waals surface area contributed by atoms with Crippen LogP contribution in [0.4, 0.5) is 5.69 Å². The molecule has 0 saturated carbocycles. The minimum Gasteiger partial charge on any atom is -0.352 e. The van der Waals surface area contributed by atoms with Crippen LogP contribution in [0.15, 0.2) is 55.1 Å². The summed E-state index contributed by atoms with van der Waals surface area (Å²) in [4.78, 5) is 26.1. The summed E-state index contributed by atoms with van der Waals surface area (Å²) in [6.45, 7) is 4.43. The van der Waals surface area contributed by atoms with Crippen molar-refractivity contribution in [1.82, 2.24) is 5.32 Å².